The van der Waals surface area contributed by atoms with E-state index < -0.39 is 10.1 Å². The quantitative estimate of drug-likeness (QED) is 0.686. The monoisotopic (exact) mass is 373 g/mol. The Bertz CT molecular complexity index is 1030. The molecule has 138 valence electrons. The van der Waals surface area contributed by atoms with Crippen LogP contribution in [-0.4, -0.2) is 29.1 Å². The fourth-order valence-corrected chi connectivity index (χ4v) is 3.09. The molecule has 1 aromatic carbocycles. The molecule has 3 rings (SSSR count). The Morgan fingerprint density at radius 2 is 1.92 bits per heavy atom. The van der Waals surface area contributed by atoms with Gasteiger partial charge in [0.25, 0.3) is 0 Å². The van der Waals surface area contributed by atoms with Gasteiger partial charge in [0, 0.05) is 17.3 Å². The van der Waals surface area contributed by atoms with E-state index in [0.29, 0.717) is 0 Å². The molecule has 7 heteroatoms. The first-order chi connectivity index (χ1) is 12.2. The predicted molar refractivity (Wildman–Crippen MR) is 104 cm³/mol. The number of imidazole rings is 1. The number of rotatable bonds is 5. The lowest BCUT2D eigenvalue weighted by Crippen LogP contribution is -2.27. The molecule has 0 saturated heterocycles. The maximum atomic E-state index is 11.8. The Balaban J connectivity index is 2.12. The molecule has 1 N–H and O–H groups in total. The molecular weight excluding hydrogens is 350 g/mol. The minimum atomic E-state index is -3.58. The van der Waals surface area contributed by atoms with E-state index in [9.17, 15) is 8.42 Å². The molecular formula is C19H23N3O3S. The first-order valence-corrected chi connectivity index (χ1v) is 10.0. The van der Waals surface area contributed by atoms with Crippen molar-refractivity contribution in [3.8, 4) is 17.0 Å². The summed E-state index contributed by atoms with van der Waals surface area (Å²) in [5, 5.41) is 3.49. The third-order valence-electron chi connectivity index (χ3n) is 3.71. The van der Waals surface area contributed by atoms with Gasteiger partial charge in [-0.3, -0.25) is 4.40 Å². The van der Waals surface area contributed by atoms with Gasteiger partial charge >= 0.3 is 10.1 Å². The summed E-state index contributed by atoms with van der Waals surface area (Å²) in [7, 11) is -3.58. The van der Waals surface area contributed by atoms with Crippen LogP contribution in [0.1, 0.15) is 27.7 Å². The number of nitrogens with one attached hydrogen (secondary N) is 1. The van der Waals surface area contributed by atoms with Gasteiger partial charge in [0.15, 0.2) is 0 Å². The normalized spacial score (nSPS) is 12.3. The van der Waals surface area contributed by atoms with Crippen LogP contribution in [0.5, 0.6) is 5.75 Å². The van der Waals surface area contributed by atoms with Gasteiger partial charge in [-0.15, -0.1) is 0 Å². The van der Waals surface area contributed by atoms with Gasteiger partial charge in [-0.2, -0.15) is 8.42 Å². The summed E-state index contributed by atoms with van der Waals surface area (Å²) < 4.78 is 30.6. The molecule has 3 aromatic rings. The first-order valence-electron chi connectivity index (χ1n) is 8.46. The van der Waals surface area contributed by atoms with Crippen LogP contribution in [-0.2, 0) is 10.1 Å². The molecule has 0 atom stereocenters. The first kappa shape index (κ1) is 18.3. The summed E-state index contributed by atoms with van der Waals surface area (Å²) in [5.74, 6) is 1.05. The number of aromatic nitrogens is 2. The average molecular weight is 373 g/mol. The highest BCUT2D eigenvalue weighted by atomic mass is 32.2. The molecule has 0 radical (unpaired) electrons. The molecule has 0 amide bonds. The summed E-state index contributed by atoms with van der Waals surface area (Å²) in [4.78, 5) is 4.72. The number of anilines is 1. The van der Waals surface area contributed by atoms with Crippen molar-refractivity contribution in [2.75, 3.05) is 11.1 Å². The van der Waals surface area contributed by atoms with Crippen molar-refractivity contribution < 1.29 is 12.6 Å². The Morgan fingerprint density at radius 1 is 1.15 bits per heavy atom. The van der Waals surface area contributed by atoms with Gasteiger partial charge < -0.3 is 9.50 Å². The standard InChI is InChI=1S/C19H23N3O3S/c1-5-26(23,24)25-15-10-8-9-14(13-15)17-18(21-19(2,3)4)22-12-7-6-11-16(22)20-17/h6-13,21H,5H2,1-4H3. The molecule has 0 saturated carbocycles. The lowest BCUT2D eigenvalue weighted by molar-refractivity contribution is 0.487. The van der Waals surface area contributed by atoms with Crippen LogP contribution in [0.15, 0.2) is 48.7 Å². The fraction of sp³-hybridized carbons (Fsp3) is 0.316. The van der Waals surface area contributed by atoms with Gasteiger partial charge in [0.05, 0.1) is 5.75 Å². The Hall–Kier alpha value is -2.54. The van der Waals surface area contributed by atoms with Crippen LogP contribution in [0, 0.1) is 0 Å². The van der Waals surface area contributed by atoms with Crippen molar-refractivity contribution in [2.45, 2.75) is 33.2 Å². The van der Waals surface area contributed by atoms with E-state index in [1.807, 2.05) is 34.9 Å². The smallest absolute Gasteiger partial charge is 0.308 e. The third kappa shape index (κ3) is 3.99. The van der Waals surface area contributed by atoms with Crippen molar-refractivity contribution in [1.82, 2.24) is 9.38 Å². The zero-order valence-corrected chi connectivity index (χ0v) is 16.2. The minimum Gasteiger partial charge on any atom is -0.382 e. The number of fused-ring (bicyclic) bond motifs is 1. The number of nitrogens with zero attached hydrogens (tertiary/aromatic N) is 2. The summed E-state index contributed by atoms with van der Waals surface area (Å²) >= 11 is 0. The van der Waals surface area contributed by atoms with Gasteiger partial charge in [0.2, 0.25) is 0 Å². The van der Waals surface area contributed by atoms with Crippen LogP contribution >= 0.6 is 0 Å². The SMILES string of the molecule is CCS(=O)(=O)Oc1cccc(-c2nc3ccccn3c2NC(C)(C)C)c1. The van der Waals surface area contributed by atoms with E-state index in [0.717, 1.165) is 22.7 Å². The molecule has 6 nitrogen and oxygen atoms in total. The zero-order chi connectivity index (χ0) is 18.9. The van der Waals surface area contributed by atoms with E-state index in [2.05, 4.69) is 26.1 Å². The number of benzene rings is 1. The molecule has 0 bridgehead atoms. The second-order valence-corrected chi connectivity index (χ2v) is 8.93. The van der Waals surface area contributed by atoms with E-state index >= 15 is 0 Å². The highest BCUT2D eigenvalue weighted by molar-refractivity contribution is 7.87. The van der Waals surface area contributed by atoms with Crippen molar-refractivity contribution >= 4 is 21.6 Å². The lowest BCUT2D eigenvalue weighted by atomic mass is 10.1. The topological polar surface area (TPSA) is 72.7 Å². The Kier molecular flexibility index (Phi) is 4.66. The number of hydrogen-bond donors (Lipinski definition) is 1. The predicted octanol–water partition coefficient (Wildman–Crippen LogP) is 3.94. The van der Waals surface area contributed by atoms with Gasteiger partial charge in [0.1, 0.15) is 22.9 Å². The average Bonchev–Trinajstić information content (AvgIpc) is 2.92. The Morgan fingerprint density at radius 3 is 2.62 bits per heavy atom. The largest absolute Gasteiger partial charge is 0.382 e. The van der Waals surface area contributed by atoms with Crippen LogP contribution in [0.3, 0.4) is 0 Å². The second kappa shape index (κ2) is 6.64. The van der Waals surface area contributed by atoms with Crippen molar-refractivity contribution in [3.63, 3.8) is 0 Å². The van der Waals surface area contributed by atoms with Crippen LogP contribution < -0.4 is 9.50 Å². The highest BCUT2D eigenvalue weighted by Gasteiger charge is 2.20. The summed E-state index contributed by atoms with van der Waals surface area (Å²) in [6, 6.07) is 12.8. The summed E-state index contributed by atoms with van der Waals surface area (Å²) in [5.41, 5.74) is 2.16. The van der Waals surface area contributed by atoms with Crippen molar-refractivity contribution in [2.24, 2.45) is 0 Å². The molecule has 26 heavy (non-hydrogen) atoms. The van der Waals surface area contributed by atoms with Gasteiger partial charge in [-0.1, -0.05) is 18.2 Å². The summed E-state index contributed by atoms with van der Waals surface area (Å²) in [6.07, 6.45) is 1.95. The van der Waals surface area contributed by atoms with Crippen molar-refractivity contribution in [3.05, 3.63) is 48.7 Å². The summed E-state index contributed by atoms with van der Waals surface area (Å²) in [6.45, 7) is 7.78. The van der Waals surface area contributed by atoms with Gasteiger partial charge in [-0.25, -0.2) is 4.98 Å². The molecule has 0 fully saturated rings. The molecule has 0 unspecified atom stereocenters. The van der Waals surface area contributed by atoms with E-state index in [1.165, 1.54) is 0 Å². The third-order valence-corrected chi connectivity index (χ3v) is 4.86. The zero-order valence-electron chi connectivity index (χ0n) is 15.4. The van der Waals surface area contributed by atoms with Gasteiger partial charge in [-0.05, 0) is 52.0 Å². The van der Waals surface area contributed by atoms with Crippen molar-refractivity contribution in [1.29, 1.82) is 0 Å². The fourth-order valence-electron chi connectivity index (χ4n) is 2.57. The molecule has 0 spiro atoms. The number of pyridine rings is 1. The second-order valence-electron chi connectivity index (χ2n) is 7.07. The Labute approximate surface area is 154 Å². The minimum absolute atomic E-state index is 0.0809. The highest BCUT2D eigenvalue weighted by Crippen LogP contribution is 2.32. The molecule has 0 aliphatic carbocycles. The van der Waals surface area contributed by atoms with E-state index in [1.54, 1.807) is 25.1 Å². The van der Waals surface area contributed by atoms with Crippen LogP contribution in [0.25, 0.3) is 16.9 Å². The molecule has 0 aliphatic heterocycles. The van der Waals surface area contributed by atoms with Crippen LogP contribution in [0.2, 0.25) is 0 Å². The van der Waals surface area contributed by atoms with E-state index in [-0.39, 0.29) is 17.0 Å². The molecule has 0 aliphatic rings. The number of hydrogen-bond acceptors (Lipinski definition) is 5. The maximum Gasteiger partial charge on any atom is 0.308 e. The lowest BCUT2D eigenvalue weighted by Gasteiger charge is -2.22. The van der Waals surface area contributed by atoms with Crippen LogP contribution in [0.4, 0.5) is 5.82 Å². The molecule has 2 heterocycles. The maximum absolute atomic E-state index is 11.8. The molecule has 2 aromatic heterocycles. The van der Waals surface area contributed by atoms with E-state index in [4.69, 9.17) is 9.17 Å².